The first-order chi connectivity index (χ1) is 12.8. The fraction of sp³-hybridized carbons (Fsp3) is 0.263. The lowest BCUT2D eigenvalue weighted by atomic mass is 10.2. The first kappa shape index (κ1) is 19.6. The van der Waals surface area contributed by atoms with Gasteiger partial charge in [0.2, 0.25) is 0 Å². The van der Waals surface area contributed by atoms with Crippen molar-refractivity contribution in [2.24, 2.45) is 11.8 Å². The van der Waals surface area contributed by atoms with Crippen LogP contribution in [0.1, 0.15) is 20.7 Å². The van der Waals surface area contributed by atoms with E-state index >= 15 is 0 Å². The van der Waals surface area contributed by atoms with Crippen molar-refractivity contribution < 1.29 is 27.8 Å². The maximum absolute atomic E-state index is 13.6. The predicted octanol–water partition coefficient (Wildman–Crippen LogP) is 4.40. The summed E-state index contributed by atoms with van der Waals surface area (Å²) in [7, 11) is 0. The van der Waals surface area contributed by atoms with Crippen LogP contribution in [0.3, 0.4) is 0 Å². The third-order valence-electron chi connectivity index (χ3n) is 4.34. The molecular formula is C19H14Cl2F2O4. The lowest BCUT2D eigenvalue weighted by Crippen LogP contribution is -2.12. The van der Waals surface area contributed by atoms with Crippen molar-refractivity contribution in [1.82, 2.24) is 0 Å². The second-order valence-corrected chi connectivity index (χ2v) is 7.49. The molecule has 0 saturated heterocycles. The molecule has 0 unspecified atom stereocenters. The van der Waals surface area contributed by atoms with Gasteiger partial charge in [0, 0.05) is 11.8 Å². The van der Waals surface area contributed by atoms with E-state index in [4.69, 9.17) is 32.7 Å². The highest BCUT2D eigenvalue weighted by Crippen LogP contribution is 2.59. The Bertz CT molecular complexity index is 803. The van der Waals surface area contributed by atoms with E-state index < -0.39 is 39.7 Å². The van der Waals surface area contributed by atoms with Gasteiger partial charge in [-0.2, -0.15) is 0 Å². The second-order valence-electron chi connectivity index (χ2n) is 6.04. The molecule has 2 aromatic rings. The zero-order valence-electron chi connectivity index (χ0n) is 13.8. The predicted molar refractivity (Wildman–Crippen MR) is 94.8 cm³/mol. The first-order valence-electron chi connectivity index (χ1n) is 8.03. The summed E-state index contributed by atoms with van der Waals surface area (Å²) in [5, 5.41) is 0. The lowest BCUT2D eigenvalue weighted by Gasteiger charge is -2.06. The Labute approximate surface area is 164 Å². The molecule has 0 spiro atoms. The molecule has 8 heteroatoms. The molecule has 0 aliphatic heterocycles. The lowest BCUT2D eigenvalue weighted by molar-refractivity contribution is 0.0413. The van der Waals surface area contributed by atoms with Gasteiger partial charge in [-0.15, -0.1) is 23.2 Å². The Kier molecular flexibility index (Phi) is 5.67. The standard InChI is InChI=1S/C19H14Cl2F2O4/c20-19(21)13(9-26-17(24)11-5-1-3-7-15(11)22)14(19)10-27-18(25)12-6-2-4-8-16(12)23/h1-8,13-14H,9-10H2/t13-,14-/m1/s1. The monoisotopic (exact) mass is 414 g/mol. The van der Waals surface area contributed by atoms with Gasteiger partial charge in [0.05, 0.1) is 24.3 Å². The summed E-state index contributed by atoms with van der Waals surface area (Å²) in [6.45, 7) is -0.329. The van der Waals surface area contributed by atoms with E-state index in [0.717, 1.165) is 12.1 Å². The molecule has 4 nitrogen and oxygen atoms in total. The molecule has 2 atom stereocenters. The van der Waals surface area contributed by atoms with Crippen LogP contribution in [0.25, 0.3) is 0 Å². The van der Waals surface area contributed by atoms with Crippen molar-refractivity contribution in [3.8, 4) is 0 Å². The molecule has 1 saturated carbocycles. The Morgan fingerprint density at radius 2 is 1.19 bits per heavy atom. The molecule has 0 bridgehead atoms. The van der Waals surface area contributed by atoms with Crippen LogP contribution in [0.4, 0.5) is 8.78 Å². The largest absolute Gasteiger partial charge is 0.462 e. The second kappa shape index (κ2) is 7.82. The molecule has 0 heterocycles. The molecule has 142 valence electrons. The SMILES string of the molecule is O=C(OC[C@@H]1[C@@H](COC(=O)c2ccccc2F)C1(Cl)Cl)c1ccccc1F. The van der Waals surface area contributed by atoms with E-state index in [1.165, 1.54) is 36.4 Å². The minimum atomic E-state index is -1.26. The van der Waals surface area contributed by atoms with Gasteiger partial charge in [0.15, 0.2) is 0 Å². The number of carbonyl (C=O) groups excluding carboxylic acids is 2. The zero-order chi connectivity index (χ0) is 19.6. The minimum absolute atomic E-state index is 0.165. The number of hydrogen-bond acceptors (Lipinski definition) is 4. The molecule has 1 fully saturated rings. The molecule has 1 aliphatic rings. The maximum Gasteiger partial charge on any atom is 0.341 e. The molecule has 1 aliphatic carbocycles. The Morgan fingerprint density at radius 1 is 0.815 bits per heavy atom. The summed E-state index contributed by atoms with van der Waals surface area (Å²) in [6, 6.07) is 10.8. The molecule has 3 rings (SSSR count). The van der Waals surface area contributed by atoms with E-state index in [2.05, 4.69) is 0 Å². The molecule has 0 aromatic heterocycles. The van der Waals surface area contributed by atoms with Gasteiger partial charge in [-0.05, 0) is 24.3 Å². The Balaban J connectivity index is 1.53. The Hall–Kier alpha value is -2.18. The van der Waals surface area contributed by atoms with Crippen LogP contribution in [0.2, 0.25) is 0 Å². The summed E-state index contributed by atoms with van der Waals surface area (Å²) in [5.74, 6) is -4.07. The summed E-state index contributed by atoms with van der Waals surface area (Å²) in [6.07, 6.45) is 0. The molecular weight excluding hydrogens is 401 g/mol. The number of rotatable bonds is 6. The van der Waals surface area contributed by atoms with E-state index in [1.807, 2.05) is 0 Å². The normalized spacial score (nSPS) is 20.0. The van der Waals surface area contributed by atoms with E-state index in [1.54, 1.807) is 0 Å². The summed E-state index contributed by atoms with van der Waals surface area (Å²) < 4.78 is 36.0. The van der Waals surface area contributed by atoms with Crippen molar-refractivity contribution in [1.29, 1.82) is 0 Å². The third kappa shape index (κ3) is 4.22. The minimum Gasteiger partial charge on any atom is -0.462 e. The molecule has 0 amide bonds. The topological polar surface area (TPSA) is 52.6 Å². The first-order valence-corrected chi connectivity index (χ1v) is 8.79. The number of alkyl halides is 2. The highest BCUT2D eigenvalue weighted by molar-refractivity contribution is 6.51. The average Bonchev–Trinajstić information content (AvgIpc) is 3.17. The smallest absolute Gasteiger partial charge is 0.341 e. The number of hydrogen-bond donors (Lipinski definition) is 0. The van der Waals surface area contributed by atoms with Crippen LogP contribution in [0, 0.1) is 23.5 Å². The Morgan fingerprint density at radius 3 is 1.56 bits per heavy atom. The fourth-order valence-electron chi connectivity index (χ4n) is 2.66. The maximum atomic E-state index is 13.6. The summed E-state index contributed by atoms with van der Waals surface area (Å²) in [4.78, 5) is 23.9. The van der Waals surface area contributed by atoms with Gasteiger partial charge >= 0.3 is 11.9 Å². The van der Waals surface area contributed by atoms with Gasteiger partial charge in [-0.3, -0.25) is 0 Å². The van der Waals surface area contributed by atoms with Crippen molar-refractivity contribution in [3.63, 3.8) is 0 Å². The molecule has 0 radical (unpaired) electrons. The van der Waals surface area contributed by atoms with Crippen LogP contribution < -0.4 is 0 Å². The van der Waals surface area contributed by atoms with Crippen molar-refractivity contribution >= 4 is 35.1 Å². The average molecular weight is 415 g/mol. The number of halogens is 4. The van der Waals surface area contributed by atoms with E-state index in [-0.39, 0.29) is 24.3 Å². The third-order valence-corrected chi connectivity index (χ3v) is 5.46. The van der Waals surface area contributed by atoms with Crippen molar-refractivity contribution in [3.05, 3.63) is 71.3 Å². The van der Waals surface area contributed by atoms with Crippen LogP contribution in [0.15, 0.2) is 48.5 Å². The van der Waals surface area contributed by atoms with E-state index in [9.17, 15) is 18.4 Å². The zero-order valence-corrected chi connectivity index (χ0v) is 15.3. The summed E-state index contributed by atoms with van der Waals surface area (Å²) in [5.41, 5.74) is -0.397. The number of esters is 2. The highest BCUT2D eigenvalue weighted by atomic mass is 35.5. The van der Waals surface area contributed by atoms with Crippen molar-refractivity contribution in [2.75, 3.05) is 13.2 Å². The van der Waals surface area contributed by atoms with Gasteiger partial charge in [-0.1, -0.05) is 24.3 Å². The molecule has 2 aromatic carbocycles. The highest BCUT2D eigenvalue weighted by Gasteiger charge is 2.64. The van der Waals surface area contributed by atoms with Gasteiger partial charge in [0.1, 0.15) is 16.0 Å². The van der Waals surface area contributed by atoms with Crippen LogP contribution in [-0.4, -0.2) is 29.5 Å². The van der Waals surface area contributed by atoms with Crippen molar-refractivity contribution in [2.45, 2.75) is 4.33 Å². The van der Waals surface area contributed by atoms with Crippen LogP contribution in [0.5, 0.6) is 0 Å². The van der Waals surface area contributed by atoms with E-state index in [0.29, 0.717) is 0 Å². The van der Waals surface area contributed by atoms with Crippen LogP contribution >= 0.6 is 23.2 Å². The quantitative estimate of drug-likeness (QED) is 0.519. The van der Waals surface area contributed by atoms with Gasteiger partial charge in [0.25, 0.3) is 0 Å². The molecule has 0 N–H and O–H groups in total. The molecule has 27 heavy (non-hydrogen) atoms. The van der Waals surface area contributed by atoms with Gasteiger partial charge in [-0.25, -0.2) is 18.4 Å². The number of ether oxygens (including phenoxy) is 2. The fourth-order valence-corrected chi connectivity index (χ4v) is 3.39. The summed E-state index contributed by atoms with van der Waals surface area (Å²) >= 11 is 12.3. The van der Waals surface area contributed by atoms with Crippen LogP contribution in [-0.2, 0) is 9.47 Å². The number of carbonyl (C=O) groups is 2. The number of benzene rings is 2. The van der Waals surface area contributed by atoms with Gasteiger partial charge < -0.3 is 9.47 Å².